The van der Waals surface area contributed by atoms with Crippen LogP contribution in [0, 0.1) is 0 Å². The molecule has 0 fully saturated rings. The van der Waals surface area contributed by atoms with Crippen LogP contribution in [0.3, 0.4) is 0 Å². The molecule has 2 unspecified atom stereocenters. The highest BCUT2D eigenvalue weighted by atomic mass is 35.5. The Hall–Kier alpha value is -1.07. The molecule has 1 aromatic carbocycles. The highest BCUT2D eigenvalue weighted by Crippen LogP contribution is 2.30. The zero-order valence-corrected chi connectivity index (χ0v) is 9.85. The fourth-order valence-electron chi connectivity index (χ4n) is 1.82. The maximum atomic E-state index is 9.94. The molecule has 17 heavy (non-hydrogen) atoms. The van der Waals surface area contributed by atoms with E-state index in [1.807, 2.05) is 6.07 Å². The van der Waals surface area contributed by atoms with Crippen LogP contribution in [0.1, 0.15) is 18.1 Å². The smallest absolute Gasteiger partial charge is 0.106 e. The normalized spacial score (nSPS) is 15.1. The second kappa shape index (κ2) is 5.06. The number of halogens is 1. The Morgan fingerprint density at radius 1 is 1.29 bits per heavy atom. The second-order valence-electron chi connectivity index (χ2n) is 3.96. The van der Waals surface area contributed by atoms with Gasteiger partial charge in [0, 0.05) is 28.9 Å². The van der Waals surface area contributed by atoms with E-state index in [1.54, 1.807) is 18.3 Å². The first-order valence-corrected chi connectivity index (χ1v) is 5.75. The van der Waals surface area contributed by atoms with Gasteiger partial charge in [-0.05, 0) is 30.0 Å². The molecule has 0 bridgehead atoms. The molecule has 0 radical (unpaired) electrons. The Labute approximate surface area is 103 Å². The second-order valence-corrected chi connectivity index (χ2v) is 4.37. The van der Waals surface area contributed by atoms with Gasteiger partial charge in [0.05, 0.1) is 6.10 Å². The molecule has 2 aromatic rings. The quantitative estimate of drug-likeness (QED) is 0.670. The van der Waals surface area contributed by atoms with Gasteiger partial charge in [-0.1, -0.05) is 11.6 Å². The lowest BCUT2D eigenvalue weighted by molar-refractivity contribution is 0.00434. The number of fused-ring (bicyclic) bond motifs is 1. The van der Waals surface area contributed by atoms with E-state index in [4.69, 9.17) is 16.7 Å². The molecule has 2 atom stereocenters. The SMILES string of the molecule is OCCC(O)C(O)c1cc2cc[nH]c2cc1Cl. The van der Waals surface area contributed by atoms with E-state index in [0.717, 1.165) is 10.9 Å². The third-order valence-corrected chi connectivity index (χ3v) is 3.11. The standard InChI is InChI=1S/C12H14ClNO3/c13-9-6-10-7(1-3-14-10)5-8(9)12(17)11(16)2-4-15/h1,3,5-6,11-12,14-17H,2,4H2. The molecule has 0 saturated carbocycles. The zero-order valence-electron chi connectivity index (χ0n) is 9.10. The Bertz CT molecular complexity index is 511. The van der Waals surface area contributed by atoms with Crippen LogP contribution in [-0.4, -0.2) is 33.0 Å². The average molecular weight is 256 g/mol. The number of aromatic nitrogens is 1. The molecule has 0 aliphatic carbocycles. The van der Waals surface area contributed by atoms with Gasteiger partial charge in [0.25, 0.3) is 0 Å². The van der Waals surface area contributed by atoms with Crippen LogP contribution in [0.2, 0.25) is 5.02 Å². The first-order valence-electron chi connectivity index (χ1n) is 5.37. The van der Waals surface area contributed by atoms with Crippen LogP contribution in [0.15, 0.2) is 24.4 Å². The van der Waals surface area contributed by atoms with Crippen molar-refractivity contribution in [1.82, 2.24) is 4.98 Å². The number of rotatable bonds is 4. The van der Waals surface area contributed by atoms with Gasteiger partial charge in [0.15, 0.2) is 0 Å². The number of nitrogens with one attached hydrogen (secondary N) is 1. The minimum atomic E-state index is -1.09. The van der Waals surface area contributed by atoms with Crippen molar-refractivity contribution in [2.24, 2.45) is 0 Å². The summed E-state index contributed by atoms with van der Waals surface area (Å²) in [6.07, 6.45) is -0.216. The van der Waals surface area contributed by atoms with E-state index in [-0.39, 0.29) is 13.0 Å². The molecule has 5 heteroatoms. The molecule has 4 N–H and O–H groups in total. The van der Waals surface area contributed by atoms with Crippen LogP contribution in [0.25, 0.3) is 10.9 Å². The van der Waals surface area contributed by atoms with E-state index in [0.29, 0.717) is 10.6 Å². The Balaban J connectivity index is 2.36. The van der Waals surface area contributed by atoms with Gasteiger partial charge in [0.1, 0.15) is 6.10 Å². The van der Waals surface area contributed by atoms with E-state index in [2.05, 4.69) is 4.98 Å². The van der Waals surface area contributed by atoms with Crippen molar-refractivity contribution in [2.75, 3.05) is 6.61 Å². The van der Waals surface area contributed by atoms with Gasteiger partial charge in [0.2, 0.25) is 0 Å². The summed E-state index contributed by atoms with van der Waals surface area (Å²) in [7, 11) is 0. The molecule has 0 amide bonds. The highest BCUT2D eigenvalue weighted by molar-refractivity contribution is 6.32. The number of H-pyrrole nitrogens is 1. The molecule has 0 aliphatic rings. The van der Waals surface area contributed by atoms with Gasteiger partial charge >= 0.3 is 0 Å². The Morgan fingerprint density at radius 2 is 2.06 bits per heavy atom. The van der Waals surface area contributed by atoms with Crippen molar-refractivity contribution >= 4 is 22.5 Å². The number of aliphatic hydroxyl groups is 3. The first kappa shape index (κ1) is 12.4. The summed E-state index contributed by atoms with van der Waals surface area (Å²) >= 11 is 6.05. The summed E-state index contributed by atoms with van der Waals surface area (Å²) in [5, 5.41) is 29.6. The van der Waals surface area contributed by atoms with Gasteiger partial charge in [-0.25, -0.2) is 0 Å². The average Bonchev–Trinajstić information content (AvgIpc) is 2.74. The van der Waals surface area contributed by atoms with Crippen molar-refractivity contribution in [3.63, 3.8) is 0 Å². The number of aromatic amines is 1. The molecule has 92 valence electrons. The van der Waals surface area contributed by atoms with Crippen molar-refractivity contribution in [3.05, 3.63) is 35.0 Å². The minimum absolute atomic E-state index is 0.114. The van der Waals surface area contributed by atoms with E-state index >= 15 is 0 Å². The number of hydrogen-bond donors (Lipinski definition) is 4. The molecule has 1 aromatic heterocycles. The Kier molecular flexibility index (Phi) is 3.69. The van der Waals surface area contributed by atoms with Gasteiger partial charge in [-0.15, -0.1) is 0 Å². The van der Waals surface area contributed by atoms with Gasteiger partial charge in [-0.2, -0.15) is 0 Å². The minimum Gasteiger partial charge on any atom is -0.396 e. The van der Waals surface area contributed by atoms with E-state index < -0.39 is 12.2 Å². The molecule has 1 heterocycles. The lowest BCUT2D eigenvalue weighted by Gasteiger charge is -2.18. The summed E-state index contributed by atoms with van der Waals surface area (Å²) in [5.74, 6) is 0. The maximum absolute atomic E-state index is 9.94. The van der Waals surface area contributed by atoms with Crippen LogP contribution in [0.4, 0.5) is 0 Å². The molecular weight excluding hydrogens is 242 g/mol. The third kappa shape index (κ3) is 2.45. The fraction of sp³-hybridized carbons (Fsp3) is 0.333. The van der Waals surface area contributed by atoms with Crippen LogP contribution >= 0.6 is 11.6 Å². The summed E-state index contributed by atoms with van der Waals surface area (Å²) < 4.78 is 0. The van der Waals surface area contributed by atoms with E-state index in [9.17, 15) is 10.2 Å². The number of hydrogen-bond acceptors (Lipinski definition) is 3. The third-order valence-electron chi connectivity index (χ3n) is 2.78. The summed E-state index contributed by atoms with van der Waals surface area (Å²) in [5.41, 5.74) is 1.35. The lowest BCUT2D eigenvalue weighted by atomic mass is 10.0. The van der Waals surface area contributed by atoms with Crippen molar-refractivity contribution in [2.45, 2.75) is 18.6 Å². The molecular formula is C12H14ClNO3. The Morgan fingerprint density at radius 3 is 2.76 bits per heavy atom. The van der Waals surface area contributed by atoms with Crippen molar-refractivity contribution in [1.29, 1.82) is 0 Å². The van der Waals surface area contributed by atoms with Crippen LogP contribution in [-0.2, 0) is 0 Å². The molecule has 0 spiro atoms. The molecule has 0 saturated heterocycles. The number of aliphatic hydroxyl groups excluding tert-OH is 3. The summed E-state index contributed by atoms with van der Waals surface area (Å²) in [6.45, 7) is -0.178. The largest absolute Gasteiger partial charge is 0.396 e. The van der Waals surface area contributed by atoms with Crippen molar-refractivity contribution in [3.8, 4) is 0 Å². The van der Waals surface area contributed by atoms with E-state index in [1.165, 1.54) is 0 Å². The molecule has 2 rings (SSSR count). The van der Waals surface area contributed by atoms with Crippen LogP contribution < -0.4 is 0 Å². The lowest BCUT2D eigenvalue weighted by Crippen LogP contribution is -2.19. The summed E-state index contributed by atoms with van der Waals surface area (Å²) in [6, 6.07) is 5.31. The predicted molar refractivity (Wildman–Crippen MR) is 66.0 cm³/mol. The topological polar surface area (TPSA) is 76.5 Å². The predicted octanol–water partition coefficient (Wildman–Crippen LogP) is 1.60. The monoisotopic (exact) mass is 255 g/mol. The zero-order chi connectivity index (χ0) is 12.4. The van der Waals surface area contributed by atoms with Crippen LogP contribution in [0.5, 0.6) is 0 Å². The van der Waals surface area contributed by atoms with Gasteiger partial charge in [-0.3, -0.25) is 0 Å². The van der Waals surface area contributed by atoms with Crippen molar-refractivity contribution < 1.29 is 15.3 Å². The molecule has 0 aliphatic heterocycles. The summed E-state index contributed by atoms with van der Waals surface area (Å²) in [4.78, 5) is 3.01. The number of benzene rings is 1. The van der Waals surface area contributed by atoms with Gasteiger partial charge < -0.3 is 20.3 Å². The maximum Gasteiger partial charge on any atom is 0.106 e. The first-order chi connectivity index (χ1) is 8.13. The fourth-order valence-corrected chi connectivity index (χ4v) is 2.09. The highest BCUT2D eigenvalue weighted by Gasteiger charge is 2.20. The molecule has 4 nitrogen and oxygen atoms in total.